The van der Waals surface area contributed by atoms with Crippen LogP contribution in [0.2, 0.25) is 0 Å². The number of carbonyl (C=O) groups excluding carboxylic acids is 3. The van der Waals surface area contributed by atoms with Gasteiger partial charge in [0.05, 0.1) is 12.1 Å². The van der Waals surface area contributed by atoms with Crippen LogP contribution in [0.5, 0.6) is 5.75 Å². The molecule has 0 radical (unpaired) electrons. The van der Waals surface area contributed by atoms with E-state index in [4.69, 9.17) is 4.74 Å². The number of hydrogen-bond acceptors (Lipinski definition) is 5. The Morgan fingerprint density at radius 1 is 1.00 bits per heavy atom. The van der Waals surface area contributed by atoms with Gasteiger partial charge in [-0.15, -0.1) is 5.92 Å². The van der Waals surface area contributed by atoms with Gasteiger partial charge in [-0.3, -0.25) is 19.9 Å². The van der Waals surface area contributed by atoms with Gasteiger partial charge in [-0.25, -0.2) is 4.79 Å². The summed E-state index contributed by atoms with van der Waals surface area (Å²) < 4.78 is 5.61. The molecule has 0 unspecified atom stereocenters. The summed E-state index contributed by atoms with van der Waals surface area (Å²) >= 11 is 0. The average Bonchev–Trinajstić information content (AvgIpc) is 3.42. The monoisotopic (exact) mass is 516 g/mol. The third kappa shape index (κ3) is 4.34. The minimum absolute atomic E-state index is 0.0173. The number of amides is 4. The average molecular weight is 517 g/mol. The summed E-state index contributed by atoms with van der Waals surface area (Å²) in [5.74, 6) is 5.42. The minimum atomic E-state index is -1.42. The molecule has 3 aromatic carbocycles. The summed E-state index contributed by atoms with van der Waals surface area (Å²) in [6, 6.07) is 22.1. The molecule has 4 amide bonds. The van der Waals surface area contributed by atoms with E-state index in [0.717, 1.165) is 27.6 Å². The number of ether oxygens (including phenoxy) is 1. The predicted molar refractivity (Wildman–Crippen MR) is 146 cm³/mol. The second-order valence-electron chi connectivity index (χ2n) is 9.50. The van der Waals surface area contributed by atoms with Crippen molar-refractivity contribution in [3.05, 3.63) is 95.7 Å². The fraction of sp³-hybridized carbons (Fsp3) is 0.161. The van der Waals surface area contributed by atoms with Gasteiger partial charge in [-0.2, -0.15) is 0 Å². The number of benzene rings is 3. The summed E-state index contributed by atoms with van der Waals surface area (Å²) in [7, 11) is 0. The highest BCUT2D eigenvalue weighted by Crippen LogP contribution is 2.34. The van der Waals surface area contributed by atoms with Gasteiger partial charge >= 0.3 is 6.03 Å². The Labute approximate surface area is 225 Å². The maximum absolute atomic E-state index is 13.4. The predicted octanol–water partition coefficient (Wildman–Crippen LogP) is 3.99. The largest absolute Gasteiger partial charge is 0.481 e. The molecule has 8 heteroatoms. The standard InChI is InChI=1S/C31H24N4O4/c1-2-3-15-39-25-12-8-23-18-35(28(36)26(23)17-25)19-31(29(37)33-30(38)34-31)24-10-6-20(7-11-24)21-9-13-27-22(16-21)5-4-14-32-27/h4-14,16-17H,15,18-19H2,1H3,(H2,33,34,37,38)/t31-/m1/s1. The lowest BCUT2D eigenvalue weighted by molar-refractivity contribution is -0.124. The Hall–Kier alpha value is -5.16. The zero-order chi connectivity index (χ0) is 27.0. The van der Waals surface area contributed by atoms with Gasteiger partial charge in [-0.05, 0) is 59.5 Å². The molecule has 1 atom stereocenters. The van der Waals surface area contributed by atoms with Crippen LogP contribution in [0.4, 0.5) is 4.79 Å². The van der Waals surface area contributed by atoms with Crippen molar-refractivity contribution in [3.8, 4) is 28.7 Å². The maximum atomic E-state index is 13.4. The second kappa shape index (κ2) is 9.62. The summed E-state index contributed by atoms with van der Waals surface area (Å²) in [5, 5.41) is 6.17. The van der Waals surface area contributed by atoms with Crippen molar-refractivity contribution in [2.24, 2.45) is 0 Å². The van der Waals surface area contributed by atoms with Crippen LogP contribution in [-0.4, -0.2) is 40.9 Å². The number of carbonyl (C=O) groups is 3. The Bertz CT molecular complexity index is 1700. The summed E-state index contributed by atoms with van der Waals surface area (Å²) in [6.45, 7) is 2.26. The first-order valence-corrected chi connectivity index (χ1v) is 12.5. The lowest BCUT2D eigenvalue weighted by Crippen LogP contribution is -2.52. The fourth-order valence-corrected chi connectivity index (χ4v) is 5.14. The smallest absolute Gasteiger partial charge is 0.322 e. The van der Waals surface area contributed by atoms with E-state index in [-0.39, 0.29) is 19.1 Å². The molecule has 0 bridgehead atoms. The van der Waals surface area contributed by atoms with Gasteiger partial charge in [0.15, 0.2) is 5.54 Å². The molecule has 1 saturated heterocycles. The lowest BCUT2D eigenvalue weighted by atomic mass is 9.88. The lowest BCUT2D eigenvalue weighted by Gasteiger charge is -2.31. The highest BCUT2D eigenvalue weighted by Gasteiger charge is 2.50. The molecule has 192 valence electrons. The highest BCUT2D eigenvalue weighted by atomic mass is 16.5. The highest BCUT2D eigenvalue weighted by molar-refractivity contribution is 6.08. The van der Waals surface area contributed by atoms with Crippen molar-refractivity contribution >= 4 is 28.7 Å². The molecule has 8 nitrogen and oxygen atoms in total. The van der Waals surface area contributed by atoms with Crippen molar-refractivity contribution < 1.29 is 19.1 Å². The number of rotatable bonds is 6. The van der Waals surface area contributed by atoms with Gasteiger partial charge in [0.1, 0.15) is 12.4 Å². The van der Waals surface area contributed by atoms with Crippen LogP contribution in [0.3, 0.4) is 0 Å². The number of pyridine rings is 1. The Morgan fingerprint density at radius 2 is 1.82 bits per heavy atom. The van der Waals surface area contributed by atoms with E-state index in [1.165, 1.54) is 0 Å². The second-order valence-corrected chi connectivity index (χ2v) is 9.50. The molecular weight excluding hydrogens is 492 g/mol. The zero-order valence-electron chi connectivity index (χ0n) is 21.2. The fourth-order valence-electron chi connectivity index (χ4n) is 5.14. The van der Waals surface area contributed by atoms with Crippen LogP contribution in [-0.2, 0) is 16.9 Å². The van der Waals surface area contributed by atoms with Crippen LogP contribution < -0.4 is 15.4 Å². The van der Waals surface area contributed by atoms with Crippen molar-refractivity contribution in [2.75, 3.05) is 13.2 Å². The van der Waals surface area contributed by atoms with E-state index >= 15 is 0 Å². The van der Waals surface area contributed by atoms with Crippen molar-refractivity contribution in [3.63, 3.8) is 0 Å². The molecular formula is C31H24N4O4. The SMILES string of the molecule is CC#CCOc1ccc2c(c1)C(=O)N(C[C@]1(c3ccc(-c4ccc5ncccc5c4)cc3)NC(=O)NC1=O)C2. The van der Waals surface area contributed by atoms with Gasteiger partial charge in [0.25, 0.3) is 11.8 Å². The van der Waals surface area contributed by atoms with Crippen LogP contribution in [0.1, 0.15) is 28.4 Å². The van der Waals surface area contributed by atoms with Crippen LogP contribution in [0.15, 0.2) is 79.0 Å². The van der Waals surface area contributed by atoms with E-state index in [0.29, 0.717) is 23.4 Å². The quantitative estimate of drug-likeness (QED) is 0.298. The first kappa shape index (κ1) is 24.2. The molecule has 1 aromatic heterocycles. The van der Waals surface area contributed by atoms with Crippen LogP contribution in [0, 0.1) is 11.8 Å². The number of fused-ring (bicyclic) bond motifs is 2. The molecule has 0 aliphatic carbocycles. The minimum Gasteiger partial charge on any atom is -0.481 e. The molecule has 2 N–H and O–H groups in total. The van der Waals surface area contributed by atoms with E-state index in [1.807, 2.05) is 54.6 Å². The van der Waals surface area contributed by atoms with Crippen molar-refractivity contribution in [2.45, 2.75) is 19.0 Å². The first-order chi connectivity index (χ1) is 19.0. The zero-order valence-corrected chi connectivity index (χ0v) is 21.2. The third-order valence-electron chi connectivity index (χ3n) is 7.13. The Kier molecular flexibility index (Phi) is 5.97. The summed E-state index contributed by atoms with van der Waals surface area (Å²) in [5.41, 5.74) is 3.37. The number of nitrogens with one attached hydrogen (secondary N) is 2. The summed E-state index contributed by atoms with van der Waals surface area (Å²) in [4.78, 5) is 44.8. The molecule has 1 fully saturated rings. The molecule has 6 rings (SSSR count). The maximum Gasteiger partial charge on any atom is 0.322 e. The number of nitrogens with zero attached hydrogens (tertiary/aromatic N) is 2. The van der Waals surface area contributed by atoms with E-state index < -0.39 is 17.5 Å². The topological polar surface area (TPSA) is 101 Å². The molecule has 2 aliphatic rings. The van der Waals surface area contributed by atoms with E-state index in [9.17, 15) is 14.4 Å². The Balaban J connectivity index is 1.28. The van der Waals surface area contributed by atoms with Gasteiger partial charge in [0.2, 0.25) is 0 Å². The number of hydrogen-bond donors (Lipinski definition) is 2. The molecule has 0 saturated carbocycles. The van der Waals surface area contributed by atoms with Gasteiger partial charge in [-0.1, -0.05) is 48.4 Å². The molecule has 0 spiro atoms. The number of imide groups is 1. The van der Waals surface area contributed by atoms with Crippen LogP contribution in [0.25, 0.3) is 22.0 Å². The molecule has 3 heterocycles. The number of urea groups is 1. The van der Waals surface area contributed by atoms with E-state index in [1.54, 1.807) is 30.2 Å². The third-order valence-corrected chi connectivity index (χ3v) is 7.13. The van der Waals surface area contributed by atoms with Gasteiger partial charge in [0, 0.05) is 23.7 Å². The van der Waals surface area contributed by atoms with Crippen molar-refractivity contribution in [1.29, 1.82) is 0 Å². The van der Waals surface area contributed by atoms with Gasteiger partial charge < -0.3 is 15.0 Å². The molecule has 39 heavy (non-hydrogen) atoms. The van der Waals surface area contributed by atoms with Crippen molar-refractivity contribution in [1.82, 2.24) is 20.5 Å². The molecule has 2 aliphatic heterocycles. The normalized spacial score (nSPS) is 17.9. The van der Waals surface area contributed by atoms with Crippen LogP contribution >= 0.6 is 0 Å². The Morgan fingerprint density at radius 3 is 2.59 bits per heavy atom. The van der Waals surface area contributed by atoms with E-state index in [2.05, 4.69) is 33.5 Å². The first-order valence-electron chi connectivity index (χ1n) is 12.5. The number of aromatic nitrogens is 1. The molecule has 4 aromatic rings. The summed E-state index contributed by atoms with van der Waals surface area (Å²) in [6.07, 6.45) is 1.76.